The van der Waals surface area contributed by atoms with Crippen molar-refractivity contribution < 1.29 is 20.1 Å². The van der Waals surface area contributed by atoms with Crippen LogP contribution in [0.25, 0.3) is 11.2 Å². The fraction of sp³-hybridized carbons (Fsp3) is 0.545. The zero-order valence-corrected chi connectivity index (χ0v) is 11.9. The van der Waals surface area contributed by atoms with Crippen molar-refractivity contribution in [1.29, 1.82) is 0 Å². The molecule has 114 valence electrons. The van der Waals surface area contributed by atoms with E-state index in [2.05, 4.69) is 15.0 Å². The van der Waals surface area contributed by atoms with Crippen LogP contribution in [0.5, 0.6) is 0 Å². The smallest absolute Gasteiger partial charge is 0.172 e. The van der Waals surface area contributed by atoms with Gasteiger partial charge in [0.05, 0.1) is 6.61 Å². The van der Waals surface area contributed by atoms with Crippen LogP contribution in [0.3, 0.4) is 0 Å². The van der Waals surface area contributed by atoms with E-state index in [1.165, 1.54) is 18.1 Å². The first-order valence-electron chi connectivity index (χ1n) is 6.23. The topological polar surface area (TPSA) is 140 Å². The number of aromatic nitrogens is 4. The van der Waals surface area contributed by atoms with Crippen molar-refractivity contribution in [2.45, 2.75) is 29.7 Å². The first-order chi connectivity index (χ1) is 10.1. The highest BCUT2D eigenvalue weighted by atomic mass is 32.2. The Morgan fingerprint density at radius 2 is 2.14 bits per heavy atom. The van der Waals surface area contributed by atoms with Crippen LogP contribution in [0.1, 0.15) is 6.23 Å². The predicted octanol–water partition coefficient (Wildman–Crippen LogP) is -1.26. The van der Waals surface area contributed by atoms with Gasteiger partial charge in [0.1, 0.15) is 24.6 Å². The molecule has 5 N–H and O–H groups in total. The number of nitrogens with two attached hydrogens (primary N) is 1. The van der Waals surface area contributed by atoms with Gasteiger partial charge >= 0.3 is 0 Å². The standard InChI is InChI=1S/C11H15N5O4S/c1-21-11-15-5-8(12)13-3-14-9(5)16(11)10-7(19)6(18)4(2-17)20-10/h3-4,6-7,10,17-19H,2H2,1H3,(H2,12,13,14)/t4-,6+,7+,10+/m0/s1. The number of nitrogens with zero attached hydrogens (tertiary/aromatic N) is 4. The van der Waals surface area contributed by atoms with Crippen molar-refractivity contribution in [3.63, 3.8) is 0 Å². The Labute approximate surface area is 123 Å². The third-order valence-corrected chi connectivity index (χ3v) is 4.08. The zero-order valence-electron chi connectivity index (χ0n) is 11.1. The molecule has 1 saturated heterocycles. The van der Waals surface area contributed by atoms with Gasteiger partial charge in [-0.25, -0.2) is 15.0 Å². The van der Waals surface area contributed by atoms with Crippen LogP contribution in [0, 0.1) is 0 Å². The van der Waals surface area contributed by atoms with Crippen LogP contribution in [0.4, 0.5) is 5.82 Å². The Morgan fingerprint density at radius 3 is 2.76 bits per heavy atom. The molecule has 1 aliphatic heterocycles. The number of aliphatic hydroxyl groups is 3. The summed E-state index contributed by atoms with van der Waals surface area (Å²) in [5, 5.41) is 29.7. The summed E-state index contributed by atoms with van der Waals surface area (Å²) in [5.41, 5.74) is 6.59. The fourth-order valence-corrected chi connectivity index (χ4v) is 2.94. The zero-order chi connectivity index (χ0) is 15.1. The van der Waals surface area contributed by atoms with Crippen molar-refractivity contribution in [3.05, 3.63) is 6.33 Å². The first kappa shape index (κ1) is 14.5. The molecule has 0 aliphatic carbocycles. The average Bonchev–Trinajstić information content (AvgIpc) is 2.99. The molecular formula is C11H15N5O4S. The molecule has 3 rings (SSSR count). The van der Waals surface area contributed by atoms with Crippen LogP contribution in [-0.2, 0) is 4.74 Å². The molecule has 0 amide bonds. The van der Waals surface area contributed by atoms with E-state index < -0.39 is 31.1 Å². The van der Waals surface area contributed by atoms with E-state index in [0.29, 0.717) is 16.3 Å². The predicted molar refractivity (Wildman–Crippen MR) is 74.5 cm³/mol. The molecular weight excluding hydrogens is 298 g/mol. The van der Waals surface area contributed by atoms with Gasteiger partial charge in [-0.3, -0.25) is 4.57 Å². The number of aliphatic hydroxyl groups excluding tert-OH is 3. The maximum atomic E-state index is 10.2. The van der Waals surface area contributed by atoms with Gasteiger partial charge in [-0.1, -0.05) is 11.8 Å². The molecule has 9 nitrogen and oxygen atoms in total. The van der Waals surface area contributed by atoms with E-state index in [9.17, 15) is 15.3 Å². The fourth-order valence-electron chi connectivity index (χ4n) is 2.37. The summed E-state index contributed by atoms with van der Waals surface area (Å²) >= 11 is 1.32. The van der Waals surface area contributed by atoms with Gasteiger partial charge in [-0.05, 0) is 6.26 Å². The number of rotatable bonds is 3. The molecule has 21 heavy (non-hydrogen) atoms. The number of fused-ring (bicyclic) bond motifs is 1. The molecule has 0 saturated carbocycles. The quantitative estimate of drug-likeness (QED) is 0.511. The van der Waals surface area contributed by atoms with Gasteiger partial charge in [0, 0.05) is 0 Å². The molecule has 10 heteroatoms. The van der Waals surface area contributed by atoms with Crippen molar-refractivity contribution in [1.82, 2.24) is 19.5 Å². The van der Waals surface area contributed by atoms with Crippen LogP contribution >= 0.6 is 11.8 Å². The summed E-state index contributed by atoms with van der Waals surface area (Å²) < 4.78 is 7.09. The Morgan fingerprint density at radius 1 is 1.38 bits per heavy atom. The van der Waals surface area contributed by atoms with Crippen molar-refractivity contribution in [2.75, 3.05) is 18.6 Å². The second-order valence-electron chi connectivity index (χ2n) is 4.63. The van der Waals surface area contributed by atoms with Crippen LogP contribution < -0.4 is 5.73 Å². The van der Waals surface area contributed by atoms with Crippen LogP contribution in [0.15, 0.2) is 11.5 Å². The summed E-state index contributed by atoms with van der Waals surface area (Å²) in [4.78, 5) is 12.3. The molecule has 1 aliphatic rings. The minimum absolute atomic E-state index is 0.223. The Balaban J connectivity index is 2.14. The highest BCUT2D eigenvalue weighted by molar-refractivity contribution is 7.98. The van der Waals surface area contributed by atoms with Crippen molar-refractivity contribution >= 4 is 28.7 Å². The number of ether oxygens (including phenoxy) is 1. The first-order valence-corrected chi connectivity index (χ1v) is 7.45. The van der Waals surface area contributed by atoms with E-state index in [1.54, 1.807) is 4.57 Å². The molecule has 4 atom stereocenters. The van der Waals surface area contributed by atoms with Gasteiger partial charge in [-0.15, -0.1) is 0 Å². The van der Waals surface area contributed by atoms with Crippen molar-refractivity contribution in [3.8, 4) is 0 Å². The third-order valence-electron chi connectivity index (χ3n) is 3.43. The van der Waals surface area contributed by atoms with Gasteiger partial charge in [-0.2, -0.15) is 0 Å². The molecule has 0 aromatic carbocycles. The summed E-state index contributed by atoms with van der Waals surface area (Å²) in [6.07, 6.45) is -1.06. The molecule has 0 spiro atoms. The lowest BCUT2D eigenvalue weighted by Crippen LogP contribution is -2.33. The van der Waals surface area contributed by atoms with E-state index in [4.69, 9.17) is 10.5 Å². The summed E-state index contributed by atoms with van der Waals surface area (Å²) in [5.74, 6) is 0.223. The van der Waals surface area contributed by atoms with Crippen LogP contribution in [0.2, 0.25) is 0 Å². The monoisotopic (exact) mass is 313 g/mol. The van der Waals surface area contributed by atoms with E-state index in [-0.39, 0.29) is 5.82 Å². The maximum absolute atomic E-state index is 10.2. The highest BCUT2D eigenvalue weighted by Gasteiger charge is 2.44. The maximum Gasteiger partial charge on any atom is 0.172 e. The summed E-state index contributed by atoms with van der Waals surface area (Å²) in [6, 6.07) is 0. The normalized spacial score (nSPS) is 29.3. The molecule has 2 aromatic rings. The number of hydrogen-bond donors (Lipinski definition) is 4. The highest BCUT2D eigenvalue weighted by Crippen LogP contribution is 2.35. The minimum atomic E-state index is -1.21. The number of anilines is 1. The summed E-state index contributed by atoms with van der Waals surface area (Å²) in [6.45, 7) is -0.396. The largest absolute Gasteiger partial charge is 0.394 e. The second kappa shape index (κ2) is 5.39. The average molecular weight is 313 g/mol. The van der Waals surface area contributed by atoms with Gasteiger partial charge in [0.15, 0.2) is 28.4 Å². The van der Waals surface area contributed by atoms with Gasteiger partial charge in [0.2, 0.25) is 0 Å². The molecule has 0 radical (unpaired) electrons. The van der Waals surface area contributed by atoms with Crippen molar-refractivity contribution in [2.24, 2.45) is 0 Å². The number of thioether (sulfide) groups is 1. The van der Waals surface area contributed by atoms with E-state index in [1.807, 2.05) is 6.26 Å². The lowest BCUT2D eigenvalue weighted by molar-refractivity contribution is -0.0548. The Hall–Kier alpha value is -1.46. The van der Waals surface area contributed by atoms with Gasteiger partial charge in [0.25, 0.3) is 0 Å². The lowest BCUT2D eigenvalue weighted by atomic mass is 10.1. The van der Waals surface area contributed by atoms with E-state index in [0.717, 1.165) is 0 Å². The lowest BCUT2D eigenvalue weighted by Gasteiger charge is -2.18. The molecule has 0 bridgehead atoms. The second-order valence-corrected chi connectivity index (χ2v) is 5.40. The number of nitrogen functional groups attached to an aromatic ring is 1. The van der Waals surface area contributed by atoms with Crippen LogP contribution in [-0.4, -0.2) is 66.0 Å². The molecule has 0 unspecified atom stereocenters. The molecule has 2 aromatic heterocycles. The Kier molecular flexibility index (Phi) is 3.71. The minimum Gasteiger partial charge on any atom is -0.394 e. The number of imidazole rings is 1. The molecule has 3 heterocycles. The van der Waals surface area contributed by atoms with E-state index >= 15 is 0 Å². The van der Waals surface area contributed by atoms with Gasteiger partial charge < -0.3 is 25.8 Å². The molecule has 1 fully saturated rings. The summed E-state index contributed by atoms with van der Waals surface area (Å²) in [7, 11) is 0. The third kappa shape index (κ3) is 2.15. The number of hydrogen-bond acceptors (Lipinski definition) is 9. The SMILES string of the molecule is CSc1nc2c(N)ncnc2n1[C@@H]1O[C@@H](CO)[C@@H](O)[C@H]1O. The Bertz CT molecular complexity index is 665.